The van der Waals surface area contributed by atoms with E-state index in [9.17, 15) is 18.5 Å². The zero-order chi connectivity index (χ0) is 30.7. The van der Waals surface area contributed by atoms with E-state index in [1.807, 2.05) is 12.1 Å². The summed E-state index contributed by atoms with van der Waals surface area (Å²) in [6.07, 6.45) is 1.05. The fraction of sp³-hybridized carbons (Fsp3) is 0.273. The summed E-state index contributed by atoms with van der Waals surface area (Å²) in [7, 11) is -2.60. The third kappa shape index (κ3) is 7.28. The molecule has 0 saturated carbocycles. The minimum absolute atomic E-state index is 0.0346. The number of benzene rings is 4. The summed E-state index contributed by atoms with van der Waals surface area (Å²) in [6, 6.07) is 27.5. The Morgan fingerprint density at radius 2 is 1.40 bits per heavy atom. The number of nitro benzene ring substituents is 1. The first kappa shape index (κ1) is 30.6. The summed E-state index contributed by atoms with van der Waals surface area (Å²) in [5, 5.41) is 14.9. The van der Waals surface area contributed by atoms with Crippen molar-refractivity contribution in [3.63, 3.8) is 0 Å². The molecule has 0 spiro atoms. The number of para-hydroxylation sites is 1. The Labute approximate surface area is 248 Å². The van der Waals surface area contributed by atoms with Crippen LogP contribution < -0.4 is 14.4 Å². The zero-order valence-corrected chi connectivity index (χ0v) is 25.6. The van der Waals surface area contributed by atoms with Crippen molar-refractivity contribution in [1.29, 1.82) is 0 Å². The molecule has 0 heterocycles. The van der Waals surface area contributed by atoms with Crippen LogP contribution in [0.4, 0.5) is 22.7 Å². The molecule has 0 aliphatic heterocycles. The average molecular weight is 588 g/mol. The molecule has 0 radical (unpaired) electrons. The van der Waals surface area contributed by atoms with Gasteiger partial charge in [-0.15, -0.1) is 0 Å². The van der Waals surface area contributed by atoms with Crippen LogP contribution in [0.5, 0.6) is 11.5 Å². The van der Waals surface area contributed by atoms with Crippen molar-refractivity contribution in [2.75, 3.05) is 16.7 Å². The Bertz CT molecular complexity index is 1650. The maximum absolute atomic E-state index is 13.2. The molecule has 0 unspecified atom stereocenters. The van der Waals surface area contributed by atoms with E-state index < -0.39 is 14.9 Å². The van der Waals surface area contributed by atoms with Gasteiger partial charge in [-0.25, -0.2) is 8.42 Å². The minimum Gasteiger partial charge on any atom is -0.457 e. The Hall–Kier alpha value is -4.37. The number of nitrogens with one attached hydrogen (secondary N) is 1. The second-order valence-corrected chi connectivity index (χ2v) is 14.1. The van der Waals surface area contributed by atoms with Gasteiger partial charge in [0.1, 0.15) is 17.2 Å². The number of nitrogens with zero attached hydrogens (tertiary/aromatic N) is 2. The van der Waals surface area contributed by atoms with Crippen molar-refractivity contribution >= 4 is 32.8 Å². The van der Waals surface area contributed by atoms with Gasteiger partial charge in [0.05, 0.1) is 15.5 Å². The maximum Gasteiger partial charge on any atom is 0.294 e. The van der Waals surface area contributed by atoms with Crippen LogP contribution in [-0.2, 0) is 15.4 Å². The number of hydrogen-bond acceptors (Lipinski definition) is 6. The van der Waals surface area contributed by atoms with Crippen molar-refractivity contribution in [3.8, 4) is 11.5 Å². The molecule has 0 aliphatic carbocycles. The van der Waals surface area contributed by atoms with Gasteiger partial charge in [-0.2, -0.15) is 0 Å². The third-order valence-corrected chi connectivity index (χ3v) is 8.70. The van der Waals surface area contributed by atoms with Crippen LogP contribution in [0.25, 0.3) is 0 Å². The predicted molar refractivity (Wildman–Crippen MR) is 168 cm³/mol. The molecule has 0 aromatic heterocycles. The first-order valence-corrected chi connectivity index (χ1v) is 15.1. The van der Waals surface area contributed by atoms with Gasteiger partial charge >= 0.3 is 0 Å². The van der Waals surface area contributed by atoms with Crippen LogP contribution in [0.15, 0.2) is 102 Å². The number of anilines is 3. The lowest BCUT2D eigenvalue weighted by atomic mass is 9.72. The van der Waals surface area contributed by atoms with Gasteiger partial charge in [-0.1, -0.05) is 65.0 Å². The standard InChI is InChI=1S/C33H37N3O5S/c1-32(2,3)23-33(4,5)24-12-16-27(17-13-24)41-28-18-14-25(15-19-28)34-30-21-20-29(22-31(30)36(37)38)42(39,40)35(6)26-10-8-7-9-11-26/h7-22,34H,23H2,1-6H3. The molecular formula is C33H37N3O5S. The molecule has 4 rings (SSSR count). The number of nitro groups is 1. The van der Waals surface area contributed by atoms with Crippen LogP contribution in [0.2, 0.25) is 0 Å². The highest BCUT2D eigenvalue weighted by Crippen LogP contribution is 2.37. The Morgan fingerprint density at radius 3 is 1.95 bits per heavy atom. The summed E-state index contributed by atoms with van der Waals surface area (Å²) in [4.78, 5) is 11.1. The fourth-order valence-corrected chi connectivity index (χ4v) is 6.38. The summed E-state index contributed by atoms with van der Waals surface area (Å²) < 4.78 is 33.4. The molecule has 9 heteroatoms. The monoisotopic (exact) mass is 587 g/mol. The number of sulfonamides is 1. The van der Waals surface area contributed by atoms with Crippen LogP contribution in [-0.4, -0.2) is 20.4 Å². The average Bonchev–Trinajstić information content (AvgIpc) is 2.93. The highest BCUT2D eigenvalue weighted by molar-refractivity contribution is 7.92. The highest BCUT2D eigenvalue weighted by Gasteiger charge is 2.28. The van der Waals surface area contributed by atoms with E-state index in [-0.39, 0.29) is 27.1 Å². The van der Waals surface area contributed by atoms with E-state index in [4.69, 9.17) is 4.74 Å². The molecule has 0 fully saturated rings. The molecule has 0 bridgehead atoms. The highest BCUT2D eigenvalue weighted by atomic mass is 32.2. The van der Waals surface area contributed by atoms with Crippen molar-refractivity contribution in [2.45, 2.75) is 51.3 Å². The Morgan fingerprint density at radius 1 is 0.833 bits per heavy atom. The fourth-order valence-electron chi connectivity index (χ4n) is 5.16. The lowest BCUT2D eigenvalue weighted by molar-refractivity contribution is -0.384. The van der Waals surface area contributed by atoms with E-state index in [1.165, 1.54) is 24.7 Å². The molecule has 8 nitrogen and oxygen atoms in total. The predicted octanol–water partition coefficient (Wildman–Crippen LogP) is 8.67. The van der Waals surface area contributed by atoms with Crippen molar-refractivity contribution in [3.05, 3.63) is 113 Å². The first-order chi connectivity index (χ1) is 19.7. The van der Waals surface area contributed by atoms with Crippen molar-refractivity contribution < 1.29 is 18.1 Å². The normalized spacial score (nSPS) is 12.0. The van der Waals surface area contributed by atoms with Crippen LogP contribution >= 0.6 is 0 Å². The van der Waals surface area contributed by atoms with Gasteiger partial charge in [0.25, 0.3) is 15.7 Å². The largest absolute Gasteiger partial charge is 0.457 e. The smallest absolute Gasteiger partial charge is 0.294 e. The third-order valence-electron chi connectivity index (χ3n) is 6.92. The van der Waals surface area contributed by atoms with Gasteiger partial charge in [0.2, 0.25) is 0 Å². The number of ether oxygens (including phenoxy) is 1. The zero-order valence-electron chi connectivity index (χ0n) is 24.8. The maximum atomic E-state index is 13.2. The Balaban J connectivity index is 1.48. The molecule has 0 atom stereocenters. The second-order valence-electron chi connectivity index (χ2n) is 12.1. The lowest BCUT2D eigenvalue weighted by Gasteiger charge is -2.33. The summed E-state index contributed by atoms with van der Waals surface area (Å²) >= 11 is 0. The minimum atomic E-state index is -4.01. The van der Waals surface area contributed by atoms with Crippen LogP contribution in [0, 0.1) is 15.5 Å². The topological polar surface area (TPSA) is 102 Å². The van der Waals surface area contributed by atoms with Crippen molar-refractivity contribution in [1.82, 2.24) is 0 Å². The van der Waals surface area contributed by atoms with Gasteiger partial charge in [0, 0.05) is 18.8 Å². The molecule has 0 saturated heterocycles. The molecule has 0 aliphatic rings. The summed E-state index contributed by atoms with van der Waals surface area (Å²) in [5.74, 6) is 1.32. The SMILES string of the molecule is CN(c1ccccc1)S(=O)(=O)c1ccc(Nc2ccc(Oc3ccc(C(C)(C)CC(C)(C)C)cc3)cc2)c([N+](=O)[O-])c1. The number of hydrogen-bond donors (Lipinski definition) is 1. The van der Waals surface area contributed by atoms with E-state index in [1.54, 1.807) is 54.6 Å². The molecule has 42 heavy (non-hydrogen) atoms. The quantitative estimate of drug-likeness (QED) is 0.147. The lowest BCUT2D eigenvalue weighted by Crippen LogP contribution is -2.26. The van der Waals surface area contributed by atoms with Gasteiger partial charge in [-0.05, 0) is 83.5 Å². The number of rotatable bonds is 10. The summed E-state index contributed by atoms with van der Waals surface area (Å²) in [6.45, 7) is 11.2. The van der Waals surface area contributed by atoms with E-state index in [2.05, 4.69) is 52.1 Å². The molecule has 4 aromatic rings. The van der Waals surface area contributed by atoms with E-state index >= 15 is 0 Å². The van der Waals surface area contributed by atoms with Gasteiger partial charge in [0.15, 0.2) is 0 Å². The second kappa shape index (κ2) is 11.9. The van der Waals surface area contributed by atoms with Gasteiger partial charge < -0.3 is 10.1 Å². The molecule has 1 N–H and O–H groups in total. The molecule has 0 amide bonds. The van der Waals surface area contributed by atoms with Crippen LogP contribution in [0.1, 0.15) is 46.6 Å². The van der Waals surface area contributed by atoms with Crippen molar-refractivity contribution in [2.24, 2.45) is 5.41 Å². The Kier molecular flexibility index (Phi) is 8.63. The molecule has 220 valence electrons. The van der Waals surface area contributed by atoms with E-state index in [0.29, 0.717) is 22.9 Å². The summed E-state index contributed by atoms with van der Waals surface area (Å²) in [5.41, 5.74) is 2.35. The first-order valence-electron chi connectivity index (χ1n) is 13.6. The molecule has 4 aromatic carbocycles. The van der Waals surface area contributed by atoms with Crippen LogP contribution in [0.3, 0.4) is 0 Å². The molecular weight excluding hydrogens is 550 g/mol. The van der Waals surface area contributed by atoms with E-state index in [0.717, 1.165) is 16.8 Å². The van der Waals surface area contributed by atoms with Gasteiger partial charge in [-0.3, -0.25) is 14.4 Å².